The summed E-state index contributed by atoms with van der Waals surface area (Å²) in [5, 5.41) is 58.8. The van der Waals surface area contributed by atoms with E-state index in [0.29, 0.717) is 22.6 Å². The fourth-order valence-corrected chi connectivity index (χ4v) is 4.86. The first kappa shape index (κ1) is 32.4. The van der Waals surface area contributed by atoms with E-state index in [9.17, 15) is 30.6 Å². The van der Waals surface area contributed by atoms with Gasteiger partial charge in [-0.25, -0.2) is 0 Å². The second-order valence-electron chi connectivity index (χ2n) is 10.7. The maximum atomic E-state index is 10.2. The average Bonchev–Trinajstić information content (AvgIpc) is 3.05. The molecule has 0 amide bonds. The van der Waals surface area contributed by atoms with Crippen molar-refractivity contribution in [3.8, 4) is 35.2 Å². The van der Waals surface area contributed by atoms with Crippen molar-refractivity contribution in [1.82, 2.24) is 0 Å². The fraction of sp³-hybridized carbons (Fsp3) is 0.353. The average molecular weight is 618 g/mol. The molecular formula is C34H35NO10. The highest BCUT2D eigenvalue weighted by molar-refractivity contribution is 5.49. The molecule has 0 bridgehead atoms. The smallest absolute Gasteiger partial charge is 0.218 e. The molecule has 2 aliphatic rings. The highest BCUT2D eigenvalue weighted by Gasteiger charge is 2.43. The Morgan fingerprint density at radius 1 is 0.644 bits per heavy atom. The predicted octanol–water partition coefficient (Wildman–Crippen LogP) is -0.161. The van der Waals surface area contributed by atoms with E-state index in [1.54, 1.807) is 36.4 Å². The van der Waals surface area contributed by atoms with Crippen molar-refractivity contribution in [2.24, 2.45) is 5.73 Å². The van der Waals surface area contributed by atoms with Gasteiger partial charge in [0.25, 0.3) is 0 Å². The summed E-state index contributed by atoms with van der Waals surface area (Å²) < 4.78 is 22.7. The van der Waals surface area contributed by atoms with Crippen LogP contribution in [0.3, 0.4) is 0 Å². The molecule has 0 spiro atoms. The number of ether oxygens (including phenoxy) is 4. The van der Waals surface area contributed by atoms with Crippen molar-refractivity contribution in [1.29, 1.82) is 0 Å². The van der Waals surface area contributed by atoms with Gasteiger partial charge in [0.2, 0.25) is 12.6 Å². The van der Waals surface area contributed by atoms with Gasteiger partial charge in [-0.15, -0.1) is 0 Å². The minimum Gasteiger partial charge on any atom is -0.465 e. The Balaban J connectivity index is 1.19. The predicted molar refractivity (Wildman–Crippen MR) is 161 cm³/mol. The highest BCUT2D eigenvalue weighted by Crippen LogP contribution is 2.25. The van der Waals surface area contributed by atoms with E-state index in [1.165, 1.54) is 0 Å². The molecule has 236 valence electrons. The fourth-order valence-electron chi connectivity index (χ4n) is 4.86. The van der Waals surface area contributed by atoms with Crippen LogP contribution < -0.4 is 15.2 Å². The first-order chi connectivity index (χ1) is 21.7. The molecule has 45 heavy (non-hydrogen) atoms. The summed E-state index contributed by atoms with van der Waals surface area (Å²) in [7, 11) is 0. The standard InChI is InChI=1S/C34H35NO10/c35-30-33(41)32(40)28(19-37)45-34(30)43-25-6-2-4-23(16-25)14-12-21-9-7-20(8-10-21)11-13-22-3-1-5-24(15-22)42-29-17-26(38)31(39)27(18-36)44-29/h1-10,15-16,26-34,36-41H,17-19,35H2. The number of aliphatic hydroxyl groups excluding tert-OH is 6. The Labute approximate surface area is 260 Å². The van der Waals surface area contributed by atoms with Crippen LogP contribution in [0.4, 0.5) is 0 Å². The van der Waals surface area contributed by atoms with E-state index in [2.05, 4.69) is 23.7 Å². The summed E-state index contributed by atoms with van der Waals surface area (Å²) in [5.74, 6) is 13.3. The molecule has 2 heterocycles. The van der Waals surface area contributed by atoms with Crippen LogP contribution in [0.1, 0.15) is 28.7 Å². The number of nitrogens with two attached hydrogens (primary N) is 1. The highest BCUT2D eigenvalue weighted by atomic mass is 16.7. The zero-order chi connectivity index (χ0) is 31.9. The number of hydrogen-bond donors (Lipinski definition) is 7. The van der Waals surface area contributed by atoms with Crippen molar-refractivity contribution in [2.75, 3.05) is 13.2 Å². The van der Waals surface area contributed by atoms with Gasteiger partial charge < -0.3 is 55.3 Å². The molecule has 9 unspecified atom stereocenters. The van der Waals surface area contributed by atoms with Gasteiger partial charge in [-0.1, -0.05) is 35.8 Å². The molecular weight excluding hydrogens is 582 g/mol. The Hall–Kier alpha value is -3.98. The summed E-state index contributed by atoms with van der Waals surface area (Å²) in [6, 6.07) is 20.4. The van der Waals surface area contributed by atoms with Crippen LogP contribution in [0, 0.1) is 23.7 Å². The molecule has 3 aromatic carbocycles. The zero-order valence-corrected chi connectivity index (χ0v) is 24.1. The molecule has 8 N–H and O–H groups in total. The summed E-state index contributed by atoms with van der Waals surface area (Å²) >= 11 is 0. The lowest BCUT2D eigenvalue weighted by Crippen LogP contribution is -2.63. The maximum absolute atomic E-state index is 10.2. The van der Waals surface area contributed by atoms with Crippen LogP contribution in [0.25, 0.3) is 0 Å². The molecule has 2 fully saturated rings. The molecule has 11 heteroatoms. The lowest BCUT2D eigenvalue weighted by atomic mass is 9.98. The molecule has 0 aromatic heterocycles. The SMILES string of the molecule is NC1C(Oc2cccc(C#Cc3ccc(C#Cc4cccc(OC5CC(O)C(O)C(CO)O5)c4)cc3)c2)OC(CO)C(O)C1O. The first-order valence-electron chi connectivity index (χ1n) is 14.4. The van der Waals surface area contributed by atoms with Crippen molar-refractivity contribution < 1.29 is 49.6 Å². The number of rotatable bonds is 6. The second kappa shape index (κ2) is 14.9. The van der Waals surface area contributed by atoms with Crippen LogP contribution in [0.5, 0.6) is 11.5 Å². The quantitative estimate of drug-likeness (QED) is 0.182. The van der Waals surface area contributed by atoms with Gasteiger partial charge >= 0.3 is 0 Å². The molecule has 2 saturated heterocycles. The second-order valence-corrected chi connectivity index (χ2v) is 10.7. The van der Waals surface area contributed by atoms with Crippen LogP contribution in [-0.2, 0) is 9.47 Å². The normalized spacial score (nSPS) is 29.4. The Kier molecular flexibility index (Phi) is 10.7. The molecule has 0 aliphatic carbocycles. The summed E-state index contributed by atoms with van der Waals surface area (Å²) in [4.78, 5) is 0. The molecule has 3 aromatic rings. The van der Waals surface area contributed by atoms with E-state index in [4.69, 9.17) is 24.7 Å². The topological polar surface area (TPSA) is 184 Å². The molecule has 0 saturated carbocycles. The largest absolute Gasteiger partial charge is 0.465 e. The summed E-state index contributed by atoms with van der Waals surface area (Å²) in [6.45, 7) is -0.931. The van der Waals surface area contributed by atoms with Gasteiger partial charge in [-0.2, -0.15) is 0 Å². The Morgan fingerprint density at radius 3 is 1.71 bits per heavy atom. The van der Waals surface area contributed by atoms with Gasteiger partial charge in [-0.3, -0.25) is 0 Å². The Bertz CT molecular complexity index is 1560. The van der Waals surface area contributed by atoms with E-state index in [0.717, 1.165) is 11.1 Å². The maximum Gasteiger partial charge on any atom is 0.218 e. The summed E-state index contributed by atoms with van der Waals surface area (Å²) in [5.41, 5.74) is 8.87. The van der Waals surface area contributed by atoms with Crippen molar-refractivity contribution in [3.05, 3.63) is 95.1 Å². The van der Waals surface area contributed by atoms with E-state index in [1.807, 2.05) is 36.4 Å². The molecule has 5 rings (SSSR count). The van der Waals surface area contributed by atoms with Gasteiger partial charge in [-0.05, 0) is 60.7 Å². The van der Waals surface area contributed by atoms with Crippen molar-refractivity contribution >= 4 is 0 Å². The van der Waals surface area contributed by atoms with Gasteiger partial charge in [0, 0.05) is 28.7 Å². The monoisotopic (exact) mass is 617 g/mol. The third kappa shape index (κ3) is 8.19. The van der Waals surface area contributed by atoms with E-state index >= 15 is 0 Å². The van der Waals surface area contributed by atoms with Gasteiger partial charge in [0.15, 0.2) is 0 Å². The lowest BCUT2D eigenvalue weighted by molar-refractivity contribution is -0.239. The van der Waals surface area contributed by atoms with Crippen LogP contribution in [0.2, 0.25) is 0 Å². The third-order valence-electron chi connectivity index (χ3n) is 7.42. The molecule has 0 radical (unpaired) electrons. The molecule has 11 nitrogen and oxygen atoms in total. The van der Waals surface area contributed by atoms with Crippen molar-refractivity contribution in [2.45, 2.75) is 61.7 Å². The molecule has 9 atom stereocenters. The number of benzene rings is 3. The van der Waals surface area contributed by atoms with Gasteiger partial charge in [0.1, 0.15) is 42.0 Å². The van der Waals surface area contributed by atoms with Crippen LogP contribution >= 0.6 is 0 Å². The third-order valence-corrected chi connectivity index (χ3v) is 7.42. The minimum atomic E-state index is -1.32. The van der Waals surface area contributed by atoms with Gasteiger partial charge in [0.05, 0.1) is 25.4 Å². The van der Waals surface area contributed by atoms with E-state index in [-0.39, 0.29) is 6.42 Å². The first-order valence-corrected chi connectivity index (χ1v) is 14.4. The number of hydrogen-bond acceptors (Lipinski definition) is 11. The van der Waals surface area contributed by atoms with Crippen LogP contribution in [-0.4, -0.2) is 99.1 Å². The minimum absolute atomic E-state index is 0.0642. The van der Waals surface area contributed by atoms with E-state index < -0.39 is 68.5 Å². The van der Waals surface area contributed by atoms with Crippen LogP contribution in [0.15, 0.2) is 72.8 Å². The van der Waals surface area contributed by atoms with Crippen molar-refractivity contribution in [3.63, 3.8) is 0 Å². The lowest BCUT2D eigenvalue weighted by Gasteiger charge is -2.40. The summed E-state index contributed by atoms with van der Waals surface area (Å²) in [6.07, 6.45) is -8.64. The molecule has 2 aliphatic heterocycles. The Morgan fingerprint density at radius 2 is 1.16 bits per heavy atom. The number of aliphatic hydroxyl groups is 6. The zero-order valence-electron chi connectivity index (χ0n) is 24.1.